The maximum atomic E-state index is 12.1. The van der Waals surface area contributed by atoms with E-state index in [1.54, 1.807) is 30.0 Å². The molecular formula is C17H16ClN5O2S. The van der Waals surface area contributed by atoms with Crippen LogP contribution >= 0.6 is 23.4 Å². The van der Waals surface area contributed by atoms with Crippen LogP contribution in [-0.4, -0.2) is 39.0 Å². The Morgan fingerprint density at radius 3 is 2.73 bits per heavy atom. The molecule has 0 aliphatic rings. The van der Waals surface area contributed by atoms with Gasteiger partial charge >= 0.3 is 0 Å². The normalized spacial score (nSPS) is 10.5. The predicted octanol–water partition coefficient (Wildman–Crippen LogP) is 3.11. The number of carbonyl (C=O) groups is 1. The summed E-state index contributed by atoms with van der Waals surface area (Å²) < 4.78 is 6.79. The van der Waals surface area contributed by atoms with Crippen LogP contribution in [0.5, 0.6) is 5.75 Å². The van der Waals surface area contributed by atoms with Crippen LogP contribution in [0, 0.1) is 0 Å². The van der Waals surface area contributed by atoms with Gasteiger partial charge in [-0.3, -0.25) is 4.79 Å². The van der Waals surface area contributed by atoms with E-state index in [9.17, 15) is 4.79 Å². The molecule has 0 spiro atoms. The molecule has 0 unspecified atom stereocenters. The molecule has 26 heavy (non-hydrogen) atoms. The number of halogens is 1. The third-order valence-electron chi connectivity index (χ3n) is 3.47. The van der Waals surface area contributed by atoms with Gasteiger partial charge in [0, 0.05) is 0 Å². The van der Waals surface area contributed by atoms with Crippen molar-refractivity contribution in [2.75, 3.05) is 18.2 Å². The van der Waals surface area contributed by atoms with E-state index in [-0.39, 0.29) is 11.7 Å². The lowest BCUT2D eigenvalue weighted by molar-refractivity contribution is -0.113. The Morgan fingerprint density at radius 2 is 2.00 bits per heavy atom. The van der Waals surface area contributed by atoms with Crippen LogP contribution in [0.1, 0.15) is 5.56 Å². The van der Waals surface area contributed by atoms with E-state index in [0.29, 0.717) is 22.4 Å². The van der Waals surface area contributed by atoms with E-state index in [4.69, 9.17) is 16.3 Å². The number of nitrogens with zero attached hydrogens (tertiary/aromatic N) is 4. The molecule has 9 heteroatoms. The highest BCUT2D eigenvalue weighted by Crippen LogP contribution is 2.22. The molecule has 0 saturated carbocycles. The third kappa shape index (κ3) is 4.74. The Labute approximate surface area is 159 Å². The van der Waals surface area contributed by atoms with Gasteiger partial charge in [0.25, 0.3) is 0 Å². The Balaban J connectivity index is 1.58. The molecule has 1 aromatic heterocycles. The van der Waals surface area contributed by atoms with Gasteiger partial charge in [-0.1, -0.05) is 47.6 Å². The standard InChI is InChI=1S/C17H16ClN5O2S/c1-25-13-8-6-12(7-9-13)10-23-17(20-21-22-23)26-11-16(24)19-15-5-3-2-4-14(15)18/h2-9H,10-11H2,1H3,(H,19,24). The molecule has 3 rings (SSSR count). The molecule has 0 radical (unpaired) electrons. The van der Waals surface area contributed by atoms with Crippen molar-refractivity contribution < 1.29 is 9.53 Å². The minimum absolute atomic E-state index is 0.175. The highest BCUT2D eigenvalue weighted by Gasteiger charge is 2.11. The van der Waals surface area contributed by atoms with E-state index >= 15 is 0 Å². The lowest BCUT2D eigenvalue weighted by Crippen LogP contribution is -2.15. The fraction of sp³-hybridized carbons (Fsp3) is 0.176. The minimum atomic E-state index is -0.179. The molecule has 0 aliphatic heterocycles. The number of hydrogen-bond donors (Lipinski definition) is 1. The van der Waals surface area contributed by atoms with Gasteiger partial charge in [0.1, 0.15) is 5.75 Å². The summed E-state index contributed by atoms with van der Waals surface area (Å²) >= 11 is 7.30. The number of benzene rings is 2. The number of anilines is 1. The molecule has 2 aromatic carbocycles. The Hall–Kier alpha value is -2.58. The lowest BCUT2D eigenvalue weighted by Gasteiger charge is -2.07. The van der Waals surface area contributed by atoms with Crippen LogP contribution in [0.3, 0.4) is 0 Å². The van der Waals surface area contributed by atoms with Gasteiger partial charge in [0.05, 0.1) is 30.1 Å². The van der Waals surface area contributed by atoms with E-state index in [1.165, 1.54) is 11.8 Å². The van der Waals surface area contributed by atoms with Gasteiger partial charge in [-0.15, -0.1) is 5.10 Å². The highest BCUT2D eigenvalue weighted by molar-refractivity contribution is 7.99. The second-order valence-electron chi connectivity index (χ2n) is 5.28. The molecule has 3 aromatic rings. The third-order valence-corrected chi connectivity index (χ3v) is 4.76. The minimum Gasteiger partial charge on any atom is -0.497 e. The summed E-state index contributed by atoms with van der Waals surface area (Å²) in [5.41, 5.74) is 1.61. The average molecular weight is 390 g/mol. The van der Waals surface area contributed by atoms with Crippen molar-refractivity contribution in [2.45, 2.75) is 11.7 Å². The topological polar surface area (TPSA) is 81.9 Å². The lowest BCUT2D eigenvalue weighted by atomic mass is 10.2. The second kappa shape index (κ2) is 8.68. The fourth-order valence-electron chi connectivity index (χ4n) is 2.18. The molecule has 0 fully saturated rings. The molecule has 1 N–H and O–H groups in total. The summed E-state index contributed by atoms with van der Waals surface area (Å²) in [7, 11) is 1.62. The van der Waals surface area contributed by atoms with Crippen LogP contribution < -0.4 is 10.1 Å². The predicted molar refractivity (Wildman–Crippen MR) is 101 cm³/mol. The quantitative estimate of drug-likeness (QED) is 0.625. The van der Waals surface area contributed by atoms with Crippen molar-refractivity contribution >= 4 is 35.0 Å². The van der Waals surface area contributed by atoms with Crippen LogP contribution in [0.4, 0.5) is 5.69 Å². The number of rotatable bonds is 7. The number of aromatic nitrogens is 4. The van der Waals surface area contributed by atoms with Gasteiger partial charge < -0.3 is 10.1 Å². The first kappa shape index (κ1) is 18.2. The summed E-state index contributed by atoms with van der Waals surface area (Å²) in [6.45, 7) is 0.505. The zero-order valence-corrected chi connectivity index (χ0v) is 15.5. The van der Waals surface area contributed by atoms with Crippen molar-refractivity contribution in [1.29, 1.82) is 0 Å². The molecule has 7 nitrogen and oxygen atoms in total. The second-order valence-corrected chi connectivity index (χ2v) is 6.63. The molecule has 1 amide bonds. The molecule has 0 bridgehead atoms. The number of para-hydroxylation sites is 1. The van der Waals surface area contributed by atoms with E-state index < -0.39 is 0 Å². The van der Waals surface area contributed by atoms with Crippen molar-refractivity contribution in [3.8, 4) is 5.75 Å². The molecule has 0 saturated heterocycles. The fourth-order valence-corrected chi connectivity index (χ4v) is 3.04. The Bertz CT molecular complexity index is 885. The summed E-state index contributed by atoms with van der Waals surface area (Å²) in [5.74, 6) is 0.784. The summed E-state index contributed by atoms with van der Waals surface area (Å²) in [4.78, 5) is 12.1. The van der Waals surface area contributed by atoms with Gasteiger partial charge in [-0.25, -0.2) is 4.68 Å². The first-order valence-electron chi connectivity index (χ1n) is 7.72. The first-order valence-corrected chi connectivity index (χ1v) is 9.08. The van der Waals surface area contributed by atoms with E-state index in [0.717, 1.165) is 11.3 Å². The number of carbonyl (C=O) groups excluding carboxylic acids is 1. The number of hydrogen-bond acceptors (Lipinski definition) is 6. The number of tetrazole rings is 1. The maximum Gasteiger partial charge on any atom is 0.234 e. The van der Waals surface area contributed by atoms with Gasteiger partial charge in [0.2, 0.25) is 11.1 Å². The van der Waals surface area contributed by atoms with Crippen LogP contribution in [0.25, 0.3) is 0 Å². The van der Waals surface area contributed by atoms with Crippen LogP contribution in [-0.2, 0) is 11.3 Å². The number of methoxy groups -OCH3 is 1. The van der Waals surface area contributed by atoms with Crippen LogP contribution in [0.15, 0.2) is 53.7 Å². The molecule has 1 heterocycles. The van der Waals surface area contributed by atoms with Crippen molar-refractivity contribution in [3.05, 3.63) is 59.1 Å². The summed E-state index contributed by atoms with van der Waals surface area (Å²) in [6.07, 6.45) is 0. The monoisotopic (exact) mass is 389 g/mol. The average Bonchev–Trinajstić information content (AvgIpc) is 3.09. The van der Waals surface area contributed by atoms with Gasteiger partial charge in [-0.2, -0.15) is 0 Å². The smallest absolute Gasteiger partial charge is 0.234 e. The molecule has 134 valence electrons. The zero-order valence-electron chi connectivity index (χ0n) is 13.9. The van der Waals surface area contributed by atoms with Gasteiger partial charge in [-0.05, 0) is 40.3 Å². The SMILES string of the molecule is COc1ccc(Cn2nnnc2SCC(=O)Nc2ccccc2Cl)cc1. The summed E-state index contributed by atoms with van der Waals surface area (Å²) in [6, 6.07) is 14.7. The Morgan fingerprint density at radius 1 is 1.23 bits per heavy atom. The van der Waals surface area contributed by atoms with Crippen molar-refractivity contribution in [2.24, 2.45) is 0 Å². The van der Waals surface area contributed by atoms with E-state index in [1.807, 2.05) is 30.3 Å². The molecule has 0 atom stereocenters. The van der Waals surface area contributed by atoms with E-state index in [2.05, 4.69) is 20.8 Å². The van der Waals surface area contributed by atoms with Crippen molar-refractivity contribution in [1.82, 2.24) is 20.2 Å². The first-order chi connectivity index (χ1) is 12.7. The van der Waals surface area contributed by atoms with Crippen LogP contribution in [0.2, 0.25) is 5.02 Å². The van der Waals surface area contributed by atoms with Gasteiger partial charge in [0.15, 0.2) is 0 Å². The van der Waals surface area contributed by atoms with Crippen molar-refractivity contribution in [3.63, 3.8) is 0 Å². The largest absolute Gasteiger partial charge is 0.497 e. The molecule has 0 aliphatic carbocycles. The number of amides is 1. The molecular weight excluding hydrogens is 374 g/mol. The highest BCUT2D eigenvalue weighted by atomic mass is 35.5. The number of thioether (sulfide) groups is 1. The maximum absolute atomic E-state index is 12.1. The Kier molecular flexibility index (Phi) is 6.08. The number of ether oxygens (including phenoxy) is 1. The summed E-state index contributed by atoms with van der Waals surface area (Å²) in [5, 5.41) is 15.5. The zero-order chi connectivity index (χ0) is 18.4. The number of nitrogens with one attached hydrogen (secondary N) is 1.